The van der Waals surface area contributed by atoms with Crippen LogP contribution in [-0.4, -0.2) is 25.1 Å². The Hall–Kier alpha value is -3.37. The highest BCUT2D eigenvalue weighted by molar-refractivity contribution is 7.22. The van der Waals surface area contributed by atoms with E-state index >= 15 is 0 Å². The van der Waals surface area contributed by atoms with Gasteiger partial charge >= 0.3 is 0 Å². The second kappa shape index (κ2) is 7.68. The summed E-state index contributed by atoms with van der Waals surface area (Å²) in [5.41, 5.74) is 1.39. The van der Waals surface area contributed by atoms with Gasteiger partial charge in [0.2, 0.25) is 0 Å². The summed E-state index contributed by atoms with van der Waals surface area (Å²) in [4.78, 5) is 16.8. The first kappa shape index (κ1) is 17.5. The molecule has 0 radical (unpaired) electrons. The average molecular weight is 365 g/mol. The Morgan fingerprint density at radius 1 is 1.19 bits per heavy atom. The summed E-state index contributed by atoms with van der Waals surface area (Å²) >= 11 is 1.32. The van der Waals surface area contributed by atoms with Crippen LogP contribution in [0.3, 0.4) is 0 Å². The minimum atomic E-state index is -0.513. The third kappa shape index (κ3) is 3.66. The summed E-state index contributed by atoms with van der Waals surface area (Å²) < 4.78 is 11.2. The smallest absolute Gasteiger partial charge is 0.268 e. The molecule has 0 fully saturated rings. The summed E-state index contributed by atoms with van der Waals surface area (Å²) in [7, 11) is 3.14. The molecule has 0 saturated heterocycles. The number of nitriles is 1. The fraction of sp³-hybridized carbons (Fsp3) is 0.105. The van der Waals surface area contributed by atoms with Crippen molar-refractivity contribution in [1.82, 2.24) is 4.98 Å². The van der Waals surface area contributed by atoms with Gasteiger partial charge in [-0.3, -0.25) is 10.1 Å². The summed E-state index contributed by atoms with van der Waals surface area (Å²) in [6, 6.07) is 14.5. The van der Waals surface area contributed by atoms with Crippen molar-refractivity contribution in [2.24, 2.45) is 0 Å². The van der Waals surface area contributed by atoms with Gasteiger partial charge in [-0.25, -0.2) is 4.98 Å². The first-order valence-corrected chi connectivity index (χ1v) is 8.47. The molecule has 0 aliphatic heterocycles. The van der Waals surface area contributed by atoms with E-state index in [9.17, 15) is 10.1 Å². The van der Waals surface area contributed by atoms with E-state index in [0.717, 1.165) is 10.3 Å². The van der Waals surface area contributed by atoms with Gasteiger partial charge in [0.05, 0.1) is 18.9 Å². The molecule has 0 bridgehead atoms. The monoisotopic (exact) mass is 365 g/mol. The number of hydrogen-bond acceptors (Lipinski definition) is 6. The second-order valence-corrected chi connectivity index (χ2v) is 6.25. The first-order chi connectivity index (χ1) is 12.6. The van der Waals surface area contributed by atoms with Crippen molar-refractivity contribution in [3.05, 3.63) is 53.6 Å². The lowest BCUT2D eigenvalue weighted by atomic mass is 10.1. The van der Waals surface area contributed by atoms with Crippen molar-refractivity contribution in [1.29, 1.82) is 5.26 Å². The van der Waals surface area contributed by atoms with Crippen LogP contribution in [0.1, 0.15) is 5.56 Å². The number of para-hydroxylation sites is 1. The number of methoxy groups -OCH3 is 2. The summed E-state index contributed by atoms with van der Waals surface area (Å²) in [6.45, 7) is 0. The standard InChI is InChI=1S/C19H15N3O3S/c1-24-14-8-6-12(7-9-14)10-13(11-20)18(23)22-19-21-17-15(25-2)4-3-5-16(17)26-19/h3-10H,1-2H3,(H,21,22,23)/b13-10+. The van der Waals surface area contributed by atoms with Crippen LogP contribution in [0.2, 0.25) is 0 Å². The van der Waals surface area contributed by atoms with E-state index < -0.39 is 5.91 Å². The average Bonchev–Trinajstić information content (AvgIpc) is 3.08. The lowest BCUT2D eigenvalue weighted by Gasteiger charge is -2.02. The number of ether oxygens (including phenoxy) is 2. The van der Waals surface area contributed by atoms with Gasteiger partial charge in [0, 0.05) is 0 Å². The Labute approximate surface area is 154 Å². The van der Waals surface area contributed by atoms with Gasteiger partial charge in [0.25, 0.3) is 5.91 Å². The molecule has 0 atom stereocenters. The van der Waals surface area contributed by atoms with E-state index in [2.05, 4.69) is 10.3 Å². The molecule has 0 saturated carbocycles. The van der Waals surface area contributed by atoms with Crippen LogP contribution < -0.4 is 14.8 Å². The largest absolute Gasteiger partial charge is 0.497 e. The van der Waals surface area contributed by atoms with Crippen molar-refractivity contribution < 1.29 is 14.3 Å². The quantitative estimate of drug-likeness (QED) is 0.548. The highest BCUT2D eigenvalue weighted by Gasteiger charge is 2.14. The molecule has 1 aromatic heterocycles. The molecule has 0 aliphatic carbocycles. The normalized spacial score (nSPS) is 11.0. The lowest BCUT2D eigenvalue weighted by molar-refractivity contribution is -0.112. The number of fused-ring (bicyclic) bond motifs is 1. The maximum Gasteiger partial charge on any atom is 0.268 e. The first-order valence-electron chi connectivity index (χ1n) is 7.65. The fourth-order valence-electron chi connectivity index (χ4n) is 2.32. The molecule has 2 aromatic carbocycles. The number of amides is 1. The van der Waals surface area contributed by atoms with Crippen molar-refractivity contribution >= 4 is 38.7 Å². The molecule has 7 heteroatoms. The summed E-state index contributed by atoms with van der Waals surface area (Å²) in [5.74, 6) is 0.823. The minimum absolute atomic E-state index is 0.0126. The molecule has 130 valence electrons. The maximum absolute atomic E-state index is 12.4. The van der Waals surface area contributed by atoms with E-state index in [1.807, 2.05) is 18.2 Å². The number of nitrogens with one attached hydrogen (secondary N) is 1. The highest BCUT2D eigenvalue weighted by Crippen LogP contribution is 2.32. The number of rotatable bonds is 5. The van der Waals surface area contributed by atoms with Crippen LogP contribution in [-0.2, 0) is 4.79 Å². The molecule has 1 N–H and O–H groups in total. The van der Waals surface area contributed by atoms with Gasteiger partial charge in [0.15, 0.2) is 5.13 Å². The van der Waals surface area contributed by atoms with E-state index in [4.69, 9.17) is 9.47 Å². The zero-order valence-electron chi connectivity index (χ0n) is 14.1. The number of benzene rings is 2. The summed E-state index contributed by atoms with van der Waals surface area (Å²) in [5, 5.41) is 12.4. The zero-order chi connectivity index (χ0) is 18.5. The molecule has 0 unspecified atom stereocenters. The molecular formula is C19H15N3O3S. The van der Waals surface area contributed by atoms with Crippen LogP contribution in [0.5, 0.6) is 11.5 Å². The van der Waals surface area contributed by atoms with Crippen molar-refractivity contribution in [2.75, 3.05) is 19.5 Å². The Balaban J connectivity index is 1.83. The van der Waals surface area contributed by atoms with Crippen LogP contribution in [0.15, 0.2) is 48.0 Å². The molecule has 26 heavy (non-hydrogen) atoms. The van der Waals surface area contributed by atoms with Crippen LogP contribution in [0.4, 0.5) is 5.13 Å². The maximum atomic E-state index is 12.4. The Kier molecular flexibility index (Phi) is 5.15. The van der Waals surface area contributed by atoms with E-state index in [1.54, 1.807) is 44.6 Å². The second-order valence-electron chi connectivity index (χ2n) is 5.22. The number of thiazole rings is 1. The molecule has 1 amide bonds. The number of aromatic nitrogens is 1. The van der Waals surface area contributed by atoms with Gasteiger partial charge < -0.3 is 9.47 Å². The predicted octanol–water partition coefficient (Wildman–Crippen LogP) is 3.86. The zero-order valence-corrected chi connectivity index (χ0v) is 15.0. The van der Waals surface area contributed by atoms with Gasteiger partial charge in [-0.1, -0.05) is 29.5 Å². The SMILES string of the molecule is COc1ccc(/C=C(\C#N)C(=O)Nc2nc3c(OC)cccc3s2)cc1. The van der Waals surface area contributed by atoms with Gasteiger partial charge in [0.1, 0.15) is 28.7 Å². The number of nitrogens with zero attached hydrogens (tertiary/aromatic N) is 2. The third-order valence-corrected chi connectivity index (χ3v) is 4.55. The number of anilines is 1. The Bertz CT molecular complexity index is 1020. The minimum Gasteiger partial charge on any atom is -0.497 e. The predicted molar refractivity (Wildman–Crippen MR) is 101 cm³/mol. The van der Waals surface area contributed by atoms with Crippen molar-refractivity contribution in [3.63, 3.8) is 0 Å². The Morgan fingerprint density at radius 2 is 1.96 bits per heavy atom. The van der Waals surface area contributed by atoms with Crippen molar-refractivity contribution in [3.8, 4) is 17.6 Å². The van der Waals surface area contributed by atoms with E-state index in [-0.39, 0.29) is 5.57 Å². The lowest BCUT2D eigenvalue weighted by Crippen LogP contribution is -2.13. The fourth-order valence-corrected chi connectivity index (χ4v) is 3.20. The van der Waals surface area contributed by atoms with Crippen LogP contribution in [0.25, 0.3) is 16.3 Å². The molecule has 3 aromatic rings. The van der Waals surface area contributed by atoms with Crippen molar-refractivity contribution in [2.45, 2.75) is 0 Å². The van der Waals surface area contributed by atoms with Gasteiger partial charge in [-0.2, -0.15) is 5.26 Å². The van der Waals surface area contributed by atoms with Gasteiger partial charge in [-0.05, 0) is 35.9 Å². The summed E-state index contributed by atoms with van der Waals surface area (Å²) in [6.07, 6.45) is 1.52. The molecule has 6 nitrogen and oxygen atoms in total. The van der Waals surface area contributed by atoms with Crippen LogP contribution in [0, 0.1) is 11.3 Å². The van der Waals surface area contributed by atoms with E-state index in [0.29, 0.717) is 22.1 Å². The molecule has 0 aliphatic rings. The number of carbonyl (C=O) groups excluding carboxylic acids is 1. The van der Waals surface area contributed by atoms with Crippen LogP contribution >= 0.6 is 11.3 Å². The molecule has 1 heterocycles. The number of hydrogen-bond donors (Lipinski definition) is 1. The molecular weight excluding hydrogens is 350 g/mol. The van der Waals surface area contributed by atoms with Gasteiger partial charge in [-0.15, -0.1) is 0 Å². The number of carbonyl (C=O) groups is 1. The third-order valence-electron chi connectivity index (χ3n) is 3.61. The van der Waals surface area contributed by atoms with E-state index in [1.165, 1.54) is 17.4 Å². The Morgan fingerprint density at radius 3 is 2.62 bits per heavy atom. The molecule has 0 spiro atoms. The molecule has 3 rings (SSSR count). The topological polar surface area (TPSA) is 84.2 Å². The highest BCUT2D eigenvalue weighted by atomic mass is 32.1.